The van der Waals surface area contributed by atoms with Gasteiger partial charge >= 0.3 is 6.03 Å². The van der Waals surface area contributed by atoms with Gasteiger partial charge in [-0.15, -0.1) is 0 Å². The van der Waals surface area contributed by atoms with Gasteiger partial charge in [0.1, 0.15) is 0 Å². The predicted molar refractivity (Wildman–Crippen MR) is 96.6 cm³/mol. The highest BCUT2D eigenvalue weighted by molar-refractivity contribution is 5.74. The van der Waals surface area contributed by atoms with E-state index in [2.05, 4.69) is 24.5 Å². The predicted octanol–water partition coefficient (Wildman–Crippen LogP) is 3.77. The molecule has 0 aromatic carbocycles. The maximum atomic E-state index is 12.5. The van der Waals surface area contributed by atoms with Crippen molar-refractivity contribution >= 4 is 6.03 Å². The number of hydrogen-bond donors (Lipinski definition) is 2. The normalized spacial score (nSPS) is 21.4. The molecule has 4 heteroatoms. The quantitative estimate of drug-likeness (QED) is 0.749. The van der Waals surface area contributed by atoms with E-state index in [1.807, 2.05) is 4.90 Å². The summed E-state index contributed by atoms with van der Waals surface area (Å²) in [6.07, 6.45) is 11.6. The Morgan fingerprint density at radius 3 is 2.30 bits per heavy atom. The Hall–Kier alpha value is -0.770. The molecule has 23 heavy (non-hydrogen) atoms. The number of nitrogens with zero attached hydrogens (tertiary/aromatic N) is 1. The van der Waals surface area contributed by atoms with Gasteiger partial charge in [0.05, 0.1) is 0 Å². The minimum absolute atomic E-state index is 0.164. The fraction of sp³-hybridized carbons (Fsp3) is 0.947. The van der Waals surface area contributed by atoms with Crippen molar-refractivity contribution in [2.75, 3.05) is 26.2 Å². The molecule has 2 aliphatic rings. The third kappa shape index (κ3) is 7.11. The van der Waals surface area contributed by atoms with Crippen molar-refractivity contribution in [1.82, 2.24) is 15.5 Å². The largest absolute Gasteiger partial charge is 0.334 e. The van der Waals surface area contributed by atoms with Crippen molar-refractivity contribution in [3.8, 4) is 0 Å². The highest BCUT2D eigenvalue weighted by atomic mass is 16.2. The second-order valence-electron chi connectivity index (χ2n) is 7.99. The lowest BCUT2D eigenvalue weighted by atomic mass is 9.85. The highest BCUT2D eigenvalue weighted by Gasteiger charge is 2.23. The van der Waals surface area contributed by atoms with E-state index in [1.54, 1.807) is 0 Å². The standard InChI is InChI=1S/C19H37N3O/c1-16(2)14-20-15-18(13-17-9-5-3-6-10-17)21-19(23)22-11-7-4-8-12-22/h16-18,20H,3-15H2,1-2H3,(H,21,23). The van der Waals surface area contributed by atoms with Gasteiger partial charge in [0.25, 0.3) is 0 Å². The van der Waals surface area contributed by atoms with Crippen LogP contribution in [-0.2, 0) is 0 Å². The van der Waals surface area contributed by atoms with E-state index in [-0.39, 0.29) is 12.1 Å². The average molecular weight is 324 g/mol. The van der Waals surface area contributed by atoms with Crippen molar-refractivity contribution in [2.24, 2.45) is 11.8 Å². The third-order valence-corrected chi connectivity index (χ3v) is 5.26. The van der Waals surface area contributed by atoms with Crippen molar-refractivity contribution in [3.05, 3.63) is 0 Å². The van der Waals surface area contributed by atoms with Crippen molar-refractivity contribution in [2.45, 2.75) is 77.7 Å². The molecule has 134 valence electrons. The van der Waals surface area contributed by atoms with Crippen LogP contribution >= 0.6 is 0 Å². The number of nitrogens with one attached hydrogen (secondary N) is 2. The first-order valence-corrected chi connectivity index (χ1v) is 9.91. The van der Waals surface area contributed by atoms with Gasteiger partial charge in [-0.25, -0.2) is 4.79 Å². The Morgan fingerprint density at radius 2 is 1.65 bits per heavy atom. The summed E-state index contributed by atoms with van der Waals surface area (Å²) in [5.41, 5.74) is 0. The molecule has 0 aromatic rings. The van der Waals surface area contributed by atoms with Gasteiger partial charge in [-0.2, -0.15) is 0 Å². The average Bonchev–Trinajstić information content (AvgIpc) is 2.56. The second kappa shape index (κ2) is 10.2. The maximum absolute atomic E-state index is 12.5. The Kier molecular flexibility index (Phi) is 8.21. The summed E-state index contributed by atoms with van der Waals surface area (Å²) in [5, 5.41) is 6.88. The molecule has 4 nitrogen and oxygen atoms in total. The lowest BCUT2D eigenvalue weighted by molar-refractivity contribution is 0.178. The van der Waals surface area contributed by atoms with Gasteiger partial charge in [0, 0.05) is 25.7 Å². The topological polar surface area (TPSA) is 44.4 Å². The van der Waals surface area contributed by atoms with Crippen molar-refractivity contribution < 1.29 is 4.79 Å². The smallest absolute Gasteiger partial charge is 0.317 e. The highest BCUT2D eigenvalue weighted by Crippen LogP contribution is 2.27. The van der Waals surface area contributed by atoms with Crippen LogP contribution in [0.2, 0.25) is 0 Å². The molecule has 1 aliphatic carbocycles. The van der Waals surface area contributed by atoms with E-state index in [4.69, 9.17) is 0 Å². The van der Waals surface area contributed by atoms with Crippen LogP contribution in [0.15, 0.2) is 0 Å². The summed E-state index contributed by atoms with van der Waals surface area (Å²) in [4.78, 5) is 14.5. The molecule has 0 bridgehead atoms. The monoisotopic (exact) mass is 323 g/mol. The molecule has 1 saturated heterocycles. The Balaban J connectivity index is 1.81. The Bertz CT molecular complexity index is 334. The summed E-state index contributed by atoms with van der Waals surface area (Å²) in [6, 6.07) is 0.447. The first-order valence-electron chi connectivity index (χ1n) is 9.91. The van der Waals surface area contributed by atoms with Crippen LogP contribution in [-0.4, -0.2) is 43.2 Å². The Morgan fingerprint density at radius 1 is 1.00 bits per heavy atom. The molecule has 0 aromatic heterocycles. The van der Waals surface area contributed by atoms with Crippen LogP contribution in [0.3, 0.4) is 0 Å². The molecule has 2 amide bonds. The van der Waals surface area contributed by atoms with Crippen LogP contribution in [0.1, 0.15) is 71.6 Å². The van der Waals surface area contributed by atoms with Gasteiger partial charge in [0.2, 0.25) is 0 Å². The Labute approximate surface area is 142 Å². The van der Waals surface area contributed by atoms with Crippen molar-refractivity contribution in [1.29, 1.82) is 0 Å². The number of carbonyl (C=O) groups is 1. The number of piperidine rings is 1. The molecular formula is C19H37N3O. The molecule has 1 heterocycles. The number of hydrogen-bond acceptors (Lipinski definition) is 2. The number of amides is 2. The van der Waals surface area contributed by atoms with E-state index in [1.165, 1.54) is 38.5 Å². The van der Waals surface area contributed by atoms with E-state index in [9.17, 15) is 4.79 Å². The van der Waals surface area contributed by atoms with Crippen molar-refractivity contribution in [3.63, 3.8) is 0 Å². The SMILES string of the molecule is CC(C)CNCC(CC1CCCCC1)NC(=O)N1CCCCC1. The maximum Gasteiger partial charge on any atom is 0.317 e. The molecule has 2 fully saturated rings. The molecule has 2 rings (SSSR count). The molecule has 1 atom stereocenters. The minimum atomic E-state index is 0.164. The van der Waals surface area contributed by atoms with Gasteiger partial charge in [0.15, 0.2) is 0 Å². The molecule has 1 aliphatic heterocycles. The van der Waals surface area contributed by atoms with E-state index in [0.29, 0.717) is 5.92 Å². The van der Waals surface area contributed by atoms with Crippen LogP contribution in [0.4, 0.5) is 4.79 Å². The molecule has 0 spiro atoms. The zero-order valence-corrected chi connectivity index (χ0v) is 15.3. The third-order valence-electron chi connectivity index (χ3n) is 5.26. The molecule has 1 unspecified atom stereocenters. The second-order valence-corrected chi connectivity index (χ2v) is 7.99. The lowest BCUT2D eigenvalue weighted by Crippen LogP contribution is -2.50. The summed E-state index contributed by atoms with van der Waals surface area (Å²) in [5.74, 6) is 1.46. The van der Waals surface area contributed by atoms with E-state index in [0.717, 1.165) is 51.4 Å². The van der Waals surface area contributed by atoms with Crippen LogP contribution in [0.25, 0.3) is 0 Å². The van der Waals surface area contributed by atoms with Crippen LogP contribution < -0.4 is 10.6 Å². The number of rotatable bonds is 7. The zero-order valence-electron chi connectivity index (χ0n) is 15.3. The van der Waals surface area contributed by atoms with Crippen LogP contribution in [0, 0.1) is 11.8 Å². The summed E-state index contributed by atoms with van der Waals surface area (Å²) < 4.78 is 0. The van der Waals surface area contributed by atoms with Gasteiger partial charge < -0.3 is 15.5 Å². The van der Waals surface area contributed by atoms with Gasteiger partial charge in [-0.1, -0.05) is 46.0 Å². The fourth-order valence-electron chi connectivity index (χ4n) is 3.93. The van der Waals surface area contributed by atoms with Crippen LogP contribution in [0.5, 0.6) is 0 Å². The van der Waals surface area contributed by atoms with E-state index >= 15 is 0 Å². The summed E-state index contributed by atoms with van der Waals surface area (Å²) in [7, 11) is 0. The molecular weight excluding hydrogens is 286 g/mol. The van der Waals surface area contributed by atoms with Gasteiger partial charge in [-0.3, -0.25) is 0 Å². The van der Waals surface area contributed by atoms with Gasteiger partial charge in [-0.05, 0) is 44.1 Å². The zero-order chi connectivity index (χ0) is 16.5. The number of urea groups is 1. The molecule has 0 radical (unpaired) electrons. The summed E-state index contributed by atoms with van der Waals surface area (Å²) >= 11 is 0. The van der Waals surface area contributed by atoms with E-state index < -0.39 is 0 Å². The number of likely N-dealkylation sites (tertiary alicyclic amines) is 1. The first kappa shape index (κ1) is 18.6. The molecule has 1 saturated carbocycles. The fourth-order valence-corrected chi connectivity index (χ4v) is 3.93. The molecule has 2 N–H and O–H groups in total. The number of carbonyl (C=O) groups excluding carboxylic acids is 1. The lowest BCUT2D eigenvalue weighted by Gasteiger charge is -2.32. The first-order chi connectivity index (χ1) is 11.1. The summed E-state index contributed by atoms with van der Waals surface area (Å²) in [6.45, 7) is 8.27. The minimum Gasteiger partial charge on any atom is -0.334 e.